The summed E-state index contributed by atoms with van der Waals surface area (Å²) in [5, 5.41) is 3.39. The largest absolute Gasteiger partial charge is 0.351 e. The topological polar surface area (TPSA) is 79.6 Å². The third-order valence-corrected chi connectivity index (χ3v) is 3.40. The lowest BCUT2D eigenvalue weighted by Crippen LogP contribution is -2.42. The molecular formula is C12H17N5. The molecule has 1 saturated carbocycles. The lowest BCUT2D eigenvalue weighted by Gasteiger charge is -2.28. The van der Waals surface area contributed by atoms with E-state index in [0.717, 1.165) is 30.0 Å². The molecule has 1 fully saturated rings. The Bertz CT molecular complexity index is 473. The van der Waals surface area contributed by atoms with Crippen molar-refractivity contribution >= 4 is 17.1 Å². The number of aromatic amines is 1. The van der Waals surface area contributed by atoms with Crippen LogP contribution in [-0.2, 0) is 0 Å². The third-order valence-electron chi connectivity index (χ3n) is 3.40. The number of H-pyrrole nitrogens is 1. The molecule has 0 amide bonds. The Balaban J connectivity index is 1.79. The van der Waals surface area contributed by atoms with Crippen LogP contribution in [0.25, 0.3) is 11.2 Å². The summed E-state index contributed by atoms with van der Waals surface area (Å²) in [5.41, 5.74) is 7.81. The van der Waals surface area contributed by atoms with Crippen molar-refractivity contribution in [3.05, 3.63) is 18.3 Å². The maximum atomic E-state index is 6.10. The number of hydrogen-bond donors (Lipinski definition) is 3. The molecule has 17 heavy (non-hydrogen) atoms. The number of rotatable bonds is 2. The minimum atomic E-state index is 0.227. The van der Waals surface area contributed by atoms with Crippen molar-refractivity contribution < 1.29 is 0 Å². The van der Waals surface area contributed by atoms with E-state index in [1.807, 2.05) is 12.1 Å². The molecule has 4 N–H and O–H groups in total. The van der Waals surface area contributed by atoms with Crippen molar-refractivity contribution in [2.24, 2.45) is 5.73 Å². The van der Waals surface area contributed by atoms with E-state index in [1.54, 1.807) is 6.20 Å². The van der Waals surface area contributed by atoms with Gasteiger partial charge in [-0.15, -0.1) is 0 Å². The van der Waals surface area contributed by atoms with E-state index in [4.69, 9.17) is 5.73 Å². The first-order valence-electron chi connectivity index (χ1n) is 6.16. The molecule has 5 nitrogen and oxygen atoms in total. The van der Waals surface area contributed by atoms with E-state index in [9.17, 15) is 0 Å². The quantitative estimate of drug-likeness (QED) is 0.734. The van der Waals surface area contributed by atoms with Crippen LogP contribution < -0.4 is 11.1 Å². The average Bonchev–Trinajstić information content (AvgIpc) is 2.74. The van der Waals surface area contributed by atoms with Crippen LogP contribution in [0.1, 0.15) is 25.7 Å². The van der Waals surface area contributed by atoms with Gasteiger partial charge in [0.05, 0.1) is 5.52 Å². The summed E-state index contributed by atoms with van der Waals surface area (Å²) in [4.78, 5) is 11.8. The fraction of sp³-hybridized carbons (Fsp3) is 0.500. The maximum absolute atomic E-state index is 6.10. The van der Waals surface area contributed by atoms with Gasteiger partial charge in [0, 0.05) is 18.3 Å². The van der Waals surface area contributed by atoms with Crippen LogP contribution in [0, 0.1) is 0 Å². The fourth-order valence-corrected chi connectivity index (χ4v) is 2.43. The molecule has 2 atom stereocenters. The van der Waals surface area contributed by atoms with Gasteiger partial charge in [-0.2, -0.15) is 4.98 Å². The summed E-state index contributed by atoms with van der Waals surface area (Å²) >= 11 is 0. The Morgan fingerprint density at radius 3 is 3.06 bits per heavy atom. The molecular weight excluding hydrogens is 214 g/mol. The van der Waals surface area contributed by atoms with Crippen molar-refractivity contribution in [2.45, 2.75) is 37.8 Å². The molecule has 0 spiro atoms. The summed E-state index contributed by atoms with van der Waals surface area (Å²) in [7, 11) is 0. The summed E-state index contributed by atoms with van der Waals surface area (Å²) in [6.07, 6.45) is 6.44. The van der Waals surface area contributed by atoms with Gasteiger partial charge in [-0.05, 0) is 25.0 Å². The van der Waals surface area contributed by atoms with Gasteiger partial charge in [-0.25, -0.2) is 4.98 Å². The predicted molar refractivity (Wildman–Crippen MR) is 67.7 cm³/mol. The first-order valence-corrected chi connectivity index (χ1v) is 6.16. The van der Waals surface area contributed by atoms with Crippen molar-refractivity contribution in [3.63, 3.8) is 0 Å². The Labute approximate surface area is 99.8 Å². The summed E-state index contributed by atoms with van der Waals surface area (Å²) in [6.45, 7) is 0. The second kappa shape index (κ2) is 4.33. The number of imidazole rings is 1. The van der Waals surface area contributed by atoms with Crippen molar-refractivity contribution in [1.29, 1.82) is 0 Å². The van der Waals surface area contributed by atoms with E-state index in [1.165, 1.54) is 12.8 Å². The smallest absolute Gasteiger partial charge is 0.202 e. The molecule has 90 valence electrons. The minimum absolute atomic E-state index is 0.227. The van der Waals surface area contributed by atoms with Gasteiger partial charge in [0.25, 0.3) is 0 Å². The highest BCUT2D eigenvalue weighted by Crippen LogP contribution is 2.20. The summed E-state index contributed by atoms with van der Waals surface area (Å²) in [6, 6.07) is 4.42. The molecule has 0 radical (unpaired) electrons. The van der Waals surface area contributed by atoms with E-state index in [0.29, 0.717) is 6.04 Å². The van der Waals surface area contributed by atoms with Gasteiger partial charge in [-0.1, -0.05) is 12.8 Å². The normalized spacial score (nSPS) is 25.0. The number of pyridine rings is 1. The number of nitrogens with one attached hydrogen (secondary N) is 2. The molecule has 0 aromatic carbocycles. The molecule has 1 aliphatic carbocycles. The first kappa shape index (κ1) is 10.5. The zero-order chi connectivity index (χ0) is 11.7. The van der Waals surface area contributed by atoms with Crippen LogP contribution in [-0.4, -0.2) is 27.0 Å². The highest BCUT2D eigenvalue weighted by molar-refractivity contribution is 5.72. The standard InChI is InChI=1S/C12H17N5/c13-8-4-1-2-5-9(8)15-12-16-10-6-3-7-14-11(10)17-12/h3,6-9H,1-2,4-5,13H2,(H2,14,15,16,17)/t8-,9-/m1/s1. The molecule has 3 rings (SSSR count). The van der Waals surface area contributed by atoms with Crippen LogP contribution in [0.15, 0.2) is 18.3 Å². The molecule has 0 aliphatic heterocycles. The predicted octanol–water partition coefficient (Wildman–Crippen LogP) is 1.64. The molecule has 2 aromatic rings. The van der Waals surface area contributed by atoms with Crippen LogP contribution in [0.3, 0.4) is 0 Å². The van der Waals surface area contributed by atoms with Crippen LogP contribution in [0.5, 0.6) is 0 Å². The zero-order valence-corrected chi connectivity index (χ0v) is 9.69. The molecule has 2 heterocycles. The zero-order valence-electron chi connectivity index (χ0n) is 9.69. The van der Waals surface area contributed by atoms with E-state index < -0.39 is 0 Å². The third kappa shape index (κ3) is 2.10. The summed E-state index contributed by atoms with van der Waals surface area (Å²) in [5.74, 6) is 0.779. The Morgan fingerprint density at radius 1 is 1.35 bits per heavy atom. The number of nitrogens with two attached hydrogens (primary N) is 1. The number of nitrogens with zero attached hydrogens (tertiary/aromatic N) is 2. The lowest BCUT2D eigenvalue weighted by atomic mass is 9.91. The molecule has 0 unspecified atom stereocenters. The monoisotopic (exact) mass is 231 g/mol. The Hall–Kier alpha value is -1.62. The Kier molecular flexibility index (Phi) is 2.68. The van der Waals surface area contributed by atoms with Crippen LogP contribution >= 0.6 is 0 Å². The second-order valence-corrected chi connectivity index (χ2v) is 4.66. The van der Waals surface area contributed by atoms with Crippen molar-refractivity contribution in [1.82, 2.24) is 15.0 Å². The minimum Gasteiger partial charge on any atom is -0.351 e. The van der Waals surface area contributed by atoms with E-state index in [2.05, 4.69) is 20.3 Å². The first-order chi connectivity index (χ1) is 8.33. The van der Waals surface area contributed by atoms with E-state index in [-0.39, 0.29) is 6.04 Å². The highest BCUT2D eigenvalue weighted by Gasteiger charge is 2.22. The van der Waals surface area contributed by atoms with Crippen LogP contribution in [0.4, 0.5) is 5.95 Å². The average molecular weight is 231 g/mol. The molecule has 5 heteroatoms. The SMILES string of the molecule is N[C@@H]1CCCC[C@H]1Nc1nc2ncccc2[nH]1. The van der Waals surface area contributed by atoms with Gasteiger partial charge in [-0.3, -0.25) is 0 Å². The van der Waals surface area contributed by atoms with Crippen molar-refractivity contribution in [2.75, 3.05) is 5.32 Å². The van der Waals surface area contributed by atoms with Crippen molar-refractivity contribution in [3.8, 4) is 0 Å². The lowest BCUT2D eigenvalue weighted by molar-refractivity contribution is 0.403. The molecule has 2 aromatic heterocycles. The second-order valence-electron chi connectivity index (χ2n) is 4.66. The number of aromatic nitrogens is 3. The Morgan fingerprint density at radius 2 is 2.24 bits per heavy atom. The molecule has 1 aliphatic rings. The van der Waals surface area contributed by atoms with E-state index >= 15 is 0 Å². The number of anilines is 1. The van der Waals surface area contributed by atoms with Gasteiger partial charge < -0.3 is 16.0 Å². The van der Waals surface area contributed by atoms with Crippen LogP contribution in [0.2, 0.25) is 0 Å². The highest BCUT2D eigenvalue weighted by atomic mass is 15.2. The number of fused-ring (bicyclic) bond motifs is 1. The van der Waals surface area contributed by atoms with Gasteiger partial charge in [0.1, 0.15) is 0 Å². The molecule has 0 saturated heterocycles. The van der Waals surface area contributed by atoms with Gasteiger partial charge in [0.2, 0.25) is 5.95 Å². The molecule has 0 bridgehead atoms. The number of hydrogen-bond acceptors (Lipinski definition) is 4. The fourth-order valence-electron chi connectivity index (χ4n) is 2.43. The summed E-state index contributed by atoms with van der Waals surface area (Å²) < 4.78 is 0. The maximum Gasteiger partial charge on any atom is 0.202 e. The van der Waals surface area contributed by atoms with Gasteiger partial charge >= 0.3 is 0 Å². The van der Waals surface area contributed by atoms with Gasteiger partial charge in [0.15, 0.2) is 5.65 Å².